The number of hydrogen-bond donors (Lipinski definition) is 2. The third-order valence-corrected chi connectivity index (χ3v) is 2.35. The lowest BCUT2D eigenvalue weighted by Gasteiger charge is -2.04. The highest BCUT2D eigenvalue weighted by molar-refractivity contribution is 5.87. The normalized spacial score (nSPS) is 9.95. The molecule has 1 amide bonds. The van der Waals surface area contributed by atoms with Crippen LogP contribution in [0, 0.1) is 5.95 Å². The number of amides is 1. The molecule has 0 saturated carbocycles. The van der Waals surface area contributed by atoms with E-state index >= 15 is 0 Å². The average molecular weight is 289 g/mol. The Kier molecular flexibility index (Phi) is 4.39. The first-order valence-electron chi connectivity index (χ1n) is 5.90. The van der Waals surface area contributed by atoms with Crippen LogP contribution >= 0.6 is 0 Å². The van der Waals surface area contributed by atoms with Crippen LogP contribution in [0.1, 0.15) is 5.69 Å². The quantitative estimate of drug-likeness (QED) is 0.498. The van der Waals surface area contributed by atoms with Crippen molar-refractivity contribution in [2.24, 2.45) is 16.5 Å². The molecule has 21 heavy (non-hydrogen) atoms. The Morgan fingerprint density at radius 1 is 1.14 bits per heavy atom. The van der Waals surface area contributed by atoms with Gasteiger partial charge in [-0.3, -0.25) is 0 Å². The van der Waals surface area contributed by atoms with Gasteiger partial charge in [-0.15, -0.1) is 4.99 Å². The van der Waals surface area contributed by atoms with Crippen LogP contribution in [0.2, 0.25) is 0 Å². The fraction of sp³-hybridized carbons (Fsp3) is 0.0769. The molecule has 2 aromatic heterocycles. The molecule has 108 valence electrons. The number of nitrogens with zero attached hydrogens (tertiary/aromatic N) is 3. The summed E-state index contributed by atoms with van der Waals surface area (Å²) in [6.45, 7) is -0.112. The van der Waals surface area contributed by atoms with Gasteiger partial charge in [0.15, 0.2) is 5.96 Å². The molecule has 0 atom stereocenters. The zero-order valence-corrected chi connectivity index (χ0v) is 10.9. The molecule has 0 saturated heterocycles. The van der Waals surface area contributed by atoms with Crippen LogP contribution in [0.25, 0.3) is 11.4 Å². The zero-order valence-electron chi connectivity index (χ0n) is 10.9. The summed E-state index contributed by atoms with van der Waals surface area (Å²) in [5.74, 6) is -0.982. The molecule has 0 unspecified atom stereocenters. The molecule has 0 radical (unpaired) electrons. The summed E-state index contributed by atoms with van der Waals surface area (Å²) < 4.78 is 17.9. The fourth-order valence-electron chi connectivity index (χ4n) is 1.53. The van der Waals surface area contributed by atoms with Gasteiger partial charge in [-0.25, -0.2) is 14.8 Å². The van der Waals surface area contributed by atoms with Crippen molar-refractivity contribution >= 4 is 12.1 Å². The smallest absolute Gasteiger partial charge is 0.437 e. The molecule has 0 fully saturated rings. The van der Waals surface area contributed by atoms with Crippen LogP contribution in [0.15, 0.2) is 41.4 Å². The Bertz CT molecular complexity index is 686. The predicted octanol–water partition coefficient (Wildman–Crippen LogP) is 1.19. The molecule has 0 aliphatic rings. The van der Waals surface area contributed by atoms with Crippen molar-refractivity contribution in [3.8, 4) is 11.4 Å². The van der Waals surface area contributed by atoms with Crippen molar-refractivity contribution in [3.63, 3.8) is 0 Å². The van der Waals surface area contributed by atoms with E-state index in [0.717, 1.165) is 0 Å². The summed E-state index contributed by atoms with van der Waals surface area (Å²) in [6.07, 6.45) is -0.911. The predicted molar refractivity (Wildman–Crippen MR) is 73.4 cm³/mol. The molecule has 2 rings (SSSR count). The molecular weight excluding hydrogens is 277 g/mol. The molecule has 0 spiro atoms. The maximum Gasteiger partial charge on any atom is 0.437 e. The Morgan fingerprint density at radius 3 is 2.48 bits per heavy atom. The topological polar surface area (TPSA) is 116 Å². The number of hydrogen-bond acceptors (Lipinski definition) is 4. The van der Waals surface area contributed by atoms with Gasteiger partial charge in [0.1, 0.15) is 6.61 Å². The first kappa shape index (κ1) is 14.4. The van der Waals surface area contributed by atoms with Gasteiger partial charge >= 0.3 is 6.09 Å². The maximum atomic E-state index is 13.1. The Hall–Kier alpha value is -3.03. The van der Waals surface area contributed by atoms with Gasteiger partial charge in [0, 0.05) is 0 Å². The van der Waals surface area contributed by atoms with E-state index in [4.69, 9.17) is 16.2 Å². The standard InChI is InChI=1S/C13H12FN5O2/c14-11-6-2-5-10(18-11)9-4-1-3-8(17-9)7-21-13(20)19-12(15)16/h1-6H,7H2,(H4,15,16,19,20). The number of carbonyl (C=O) groups excluding carboxylic acids is 1. The van der Waals surface area contributed by atoms with E-state index in [1.54, 1.807) is 24.3 Å². The second kappa shape index (κ2) is 6.42. The van der Waals surface area contributed by atoms with Crippen molar-refractivity contribution in [1.82, 2.24) is 9.97 Å². The minimum absolute atomic E-state index is 0.112. The summed E-state index contributed by atoms with van der Waals surface area (Å²) in [5.41, 5.74) is 11.4. The van der Waals surface area contributed by atoms with Gasteiger partial charge in [-0.2, -0.15) is 4.39 Å². The number of nitrogens with two attached hydrogens (primary N) is 2. The third kappa shape index (κ3) is 4.23. The van der Waals surface area contributed by atoms with Gasteiger partial charge in [-0.1, -0.05) is 12.1 Å². The van der Waals surface area contributed by atoms with E-state index in [2.05, 4.69) is 15.0 Å². The number of rotatable bonds is 3. The average Bonchev–Trinajstić information content (AvgIpc) is 2.45. The minimum Gasteiger partial charge on any atom is -0.441 e. The van der Waals surface area contributed by atoms with Crippen LogP contribution in [-0.4, -0.2) is 22.0 Å². The van der Waals surface area contributed by atoms with Crippen molar-refractivity contribution in [2.45, 2.75) is 6.61 Å². The fourth-order valence-corrected chi connectivity index (χ4v) is 1.53. The molecule has 8 heteroatoms. The second-order valence-corrected chi connectivity index (χ2v) is 3.95. The molecule has 2 aromatic rings. The first-order valence-corrected chi connectivity index (χ1v) is 5.90. The number of guanidine groups is 1. The summed E-state index contributed by atoms with van der Waals surface area (Å²) in [6, 6.07) is 9.41. The van der Waals surface area contributed by atoms with E-state index in [1.165, 1.54) is 12.1 Å². The lowest BCUT2D eigenvalue weighted by atomic mass is 10.2. The minimum atomic E-state index is -0.911. The maximum absolute atomic E-state index is 13.1. The molecular formula is C13H12FN5O2. The molecule has 2 heterocycles. The van der Waals surface area contributed by atoms with Crippen LogP contribution in [0.5, 0.6) is 0 Å². The Morgan fingerprint density at radius 2 is 1.81 bits per heavy atom. The lowest BCUT2D eigenvalue weighted by Crippen LogP contribution is -2.24. The van der Waals surface area contributed by atoms with Crippen LogP contribution in [0.4, 0.5) is 9.18 Å². The van der Waals surface area contributed by atoms with E-state index < -0.39 is 12.0 Å². The molecule has 7 nitrogen and oxygen atoms in total. The van der Waals surface area contributed by atoms with E-state index in [9.17, 15) is 9.18 Å². The number of aliphatic imine (C=N–C) groups is 1. The molecule has 0 aromatic carbocycles. The summed E-state index contributed by atoms with van der Waals surface area (Å²) in [4.78, 5) is 22.3. The lowest BCUT2D eigenvalue weighted by molar-refractivity contribution is 0.149. The summed E-state index contributed by atoms with van der Waals surface area (Å²) >= 11 is 0. The Balaban J connectivity index is 2.11. The number of ether oxygens (including phenoxy) is 1. The summed E-state index contributed by atoms with van der Waals surface area (Å²) in [5, 5.41) is 0. The van der Waals surface area contributed by atoms with Gasteiger partial charge in [0.25, 0.3) is 0 Å². The van der Waals surface area contributed by atoms with Crippen molar-refractivity contribution in [1.29, 1.82) is 0 Å². The van der Waals surface area contributed by atoms with Gasteiger partial charge < -0.3 is 16.2 Å². The highest BCUT2D eigenvalue weighted by Gasteiger charge is 2.06. The van der Waals surface area contributed by atoms with Crippen molar-refractivity contribution < 1.29 is 13.9 Å². The number of aromatic nitrogens is 2. The number of halogens is 1. The van der Waals surface area contributed by atoms with Gasteiger partial charge in [0.05, 0.1) is 17.1 Å². The number of pyridine rings is 2. The van der Waals surface area contributed by atoms with E-state index in [-0.39, 0.29) is 12.6 Å². The zero-order chi connectivity index (χ0) is 15.2. The Labute approximate surface area is 119 Å². The van der Waals surface area contributed by atoms with Gasteiger partial charge in [0.2, 0.25) is 5.95 Å². The number of carbonyl (C=O) groups is 1. The van der Waals surface area contributed by atoms with Crippen molar-refractivity contribution in [2.75, 3.05) is 0 Å². The SMILES string of the molecule is NC(N)=NC(=O)OCc1cccc(-c2cccc(F)n2)n1. The van der Waals surface area contributed by atoms with Crippen LogP contribution in [-0.2, 0) is 11.3 Å². The molecule has 0 aliphatic carbocycles. The highest BCUT2D eigenvalue weighted by Crippen LogP contribution is 2.15. The van der Waals surface area contributed by atoms with E-state index in [0.29, 0.717) is 17.1 Å². The molecule has 4 N–H and O–H groups in total. The highest BCUT2D eigenvalue weighted by atomic mass is 19.1. The van der Waals surface area contributed by atoms with E-state index in [1.807, 2.05) is 0 Å². The first-order chi connectivity index (χ1) is 10.0. The second-order valence-electron chi connectivity index (χ2n) is 3.95. The third-order valence-electron chi connectivity index (χ3n) is 2.35. The summed E-state index contributed by atoms with van der Waals surface area (Å²) in [7, 11) is 0. The van der Waals surface area contributed by atoms with Crippen molar-refractivity contribution in [3.05, 3.63) is 48.0 Å². The monoisotopic (exact) mass is 289 g/mol. The molecule has 0 bridgehead atoms. The van der Waals surface area contributed by atoms with Crippen LogP contribution < -0.4 is 11.5 Å². The van der Waals surface area contributed by atoms with Gasteiger partial charge in [-0.05, 0) is 24.3 Å². The largest absolute Gasteiger partial charge is 0.441 e. The molecule has 0 aliphatic heterocycles. The van der Waals surface area contributed by atoms with Crippen LogP contribution in [0.3, 0.4) is 0 Å².